The third-order valence-corrected chi connectivity index (χ3v) is 1.92. The minimum atomic E-state index is -0.731. The Bertz CT molecular complexity index is 154. The lowest BCUT2D eigenvalue weighted by atomic mass is 10.0. The fourth-order valence-electron chi connectivity index (χ4n) is 1.31. The molecule has 0 saturated carbocycles. The summed E-state index contributed by atoms with van der Waals surface area (Å²) in [6, 6.07) is -0.324. The zero-order valence-electron chi connectivity index (χ0n) is 6.35. The number of rotatable bonds is 1. The lowest BCUT2D eigenvalue weighted by Crippen LogP contribution is -2.41. The zero-order chi connectivity index (χ0) is 7.78. The van der Waals surface area contributed by atoms with Crippen LogP contribution >= 0.6 is 0 Å². The van der Waals surface area contributed by atoms with Crippen LogP contribution in [-0.4, -0.2) is 22.7 Å². The van der Waals surface area contributed by atoms with Gasteiger partial charge in [0.05, 0.1) is 0 Å². The SMILES string of the molecule is CC1(C)CCC(C(=O)O)N1. The van der Waals surface area contributed by atoms with Crippen molar-refractivity contribution in [3.8, 4) is 0 Å². The first-order chi connectivity index (χ1) is 4.51. The molecule has 1 saturated heterocycles. The Morgan fingerprint density at radius 3 is 2.50 bits per heavy atom. The van der Waals surface area contributed by atoms with Crippen LogP contribution in [-0.2, 0) is 4.79 Å². The smallest absolute Gasteiger partial charge is 0.320 e. The highest BCUT2D eigenvalue weighted by Crippen LogP contribution is 2.21. The Balaban J connectivity index is 2.51. The molecular weight excluding hydrogens is 130 g/mol. The second-order valence-corrected chi connectivity index (χ2v) is 3.46. The molecule has 1 heterocycles. The van der Waals surface area contributed by atoms with Crippen LogP contribution in [0.1, 0.15) is 26.7 Å². The lowest BCUT2D eigenvalue weighted by Gasteiger charge is -2.17. The lowest BCUT2D eigenvalue weighted by molar-refractivity contribution is -0.139. The van der Waals surface area contributed by atoms with Gasteiger partial charge in [0.2, 0.25) is 0 Å². The van der Waals surface area contributed by atoms with Crippen LogP contribution in [0.5, 0.6) is 0 Å². The number of aliphatic carboxylic acids is 1. The predicted molar refractivity (Wildman–Crippen MR) is 37.9 cm³/mol. The van der Waals surface area contributed by atoms with E-state index < -0.39 is 5.97 Å². The van der Waals surface area contributed by atoms with Gasteiger partial charge in [0.15, 0.2) is 0 Å². The van der Waals surface area contributed by atoms with Crippen molar-refractivity contribution in [2.75, 3.05) is 0 Å². The van der Waals surface area contributed by atoms with Gasteiger partial charge in [-0.15, -0.1) is 0 Å². The van der Waals surface area contributed by atoms with Crippen LogP contribution in [0.2, 0.25) is 0 Å². The van der Waals surface area contributed by atoms with E-state index in [-0.39, 0.29) is 11.6 Å². The predicted octanol–water partition coefficient (Wildman–Crippen LogP) is 0.602. The van der Waals surface area contributed by atoms with Crippen molar-refractivity contribution in [3.05, 3.63) is 0 Å². The van der Waals surface area contributed by atoms with E-state index in [0.29, 0.717) is 0 Å². The average molecular weight is 143 g/mol. The first-order valence-electron chi connectivity index (χ1n) is 3.52. The highest BCUT2D eigenvalue weighted by molar-refractivity contribution is 5.74. The number of carboxylic acids is 1. The van der Waals surface area contributed by atoms with Crippen LogP contribution < -0.4 is 5.32 Å². The van der Waals surface area contributed by atoms with Crippen molar-refractivity contribution >= 4 is 5.97 Å². The van der Waals surface area contributed by atoms with Crippen molar-refractivity contribution in [1.29, 1.82) is 0 Å². The molecule has 0 spiro atoms. The number of hydrogen-bond acceptors (Lipinski definition) is 2. The number of carbonyl (C=O) groups is 1. The molecule has 0 bridgehead atoms. The van der Waals surface area contributed by atoms with Crippen molar-refractivity contribution in [2.24, 2.45) is 0 Å². The maximum atomic E-state index is 10.4. The summed E-state index contributed by atoms with van der Waals surface area (Å²) < 4.78 is 0. The summed E-state index contributed by atoms with van der Waals surface area (Å²) >= 11 is 0. The fraction of sp³-hybridized carbons (Fsp3) is 0.857. The molecular formula is C7H13NO2. The van der Waals surface area contributed by atoms with E-state index in [9.17, 15) is 4.79 Å². The van der Waals surface area contributed by atoms with Crippen LogP contribution in [0, 0.1) is 0 Å². The van der Waals surface area contributed by atoms with Gasteiger partial charge >= 0.3 is 5.97 Å². The van der Waals surface area contributed by atoms with Gasteiger partial charge in [0.25, 0.3) is 0 Å². The van der Waals surface area contributed by atoms with Crippen molar-refractivity contribution < 1.29 is 9.90 Å². The number of carboxylic acid groups (broad SMARTS) is 1. The van der Waals surface area contributed by atoms with Crippen molar-refractivity contribution in [1.82, 2.24) is 5.32 Å². The van der Waals surface area contributed by atoms with Gasteiger partial charge in [-0.3, -0.25) is 10.1 Å². The van der Waals surface area contributed by atoms with Gasteiger partial charge in [-0.2, -0.15) is 0 Å². The van der Waals surface area contributed by atoms with Gasteiger partial charge in [-0.05, 0) is 26.7 Å². The zero-order valence-corrected chi connectivity index (χ0v) is 6.35. The van der Waals surface area contributed by atoms with Crippen LogP contribution in [0.25, 0.3) is 0 Å². The molecule has 1 unspecified atom stereocenters. The molecule has 0 aromatic rings. The Hall–Kier alpha value is -0.570. The summed E-state index contributed by atoms with van der Waals surface area (Å²) in [5, 5.41) is 11.6. The number of hydrogen-bond donors (Lipinski definition) is 2. The minimum Gasteiger partial charge on any atom is -0.480 e. The van der Waals surface area contributed by atoms with Crippen molar-refractivity contribution in [3.63, 3.8) is 0 Å². The summed E-state index contributed by atoms with van der Waals surface area (Å²) in [5.74, 6) is -0.731. The third kappa shape index (κ3) is 1.48. The fourth-order valence-corrected chi connectivity index (χ4v) is 1.31. The second-order valence-electron chi connectivity index (χ2n) is 3.46. The van der Waals surface area contributed by atoms with E-state index >= 15 is 0 Å². The van der Waals surface area contributed by atoms with E-state index in [1.165, 1.54) is 0 Å². The molecule has 1 rings (SSSR count). The Labute approximate surface area is 60.4 Å². The Morgan fingerprint density at radius 1 is 1.70 bits per heavy atom. The van der Waals surface area contributed by atoms with E-state index in [1.807, 2.05) is 13.8 Å². The van der Waals surface area contributed by atoms with Crippen LogP contribution in [0.4, 0.5) is 0 Å². The molecule has 3 heteroatoms. The van der Waals surface area contributed by atoms with Gasteiger partial charge in [0.1, 0.15) is 6.04 Å². The van der Waals surface area contributed by atoms with Gasteiger partial charge in [-0.25, -0.2) is 0 Å². The largest absolute Gasteiger partial charge is 0.480 e. The molecule has 0 aliphatic carbocycles. The van der Waals surface area contributed by atoms with E-state index in [4.69, 9.17) is 5.11 Å². The van der Waals surface area contributed by atoms with Crippen LogP contribution in [0.3, 0.4) is 0 Å². The monoisotopic (exact) mass is 143 g/mol. The summed E-state index contributed by atoms with van der Waals surface area (Å²) in [6.45, 7) is 4.05. The first kappa shape index (κ1) is 7.54. The summed E-state index contributed by atoms with van der Waals surface area (Å²) in [5.41, 5.74) is 0.0169. The third-order valence-electron chi connectivity index (χ3n) is 1.92. The number of nitrogens with one attached hydrogen (secondary N) is 1. The summed E-state index contributed by atoms with van der Waals surface area (Å²) in [6.07, 6.45) is 1.70. The molecule has 1 aliphatic heterocycles. The minimum absolute atomic E-state index is 0.0169. The van der Waals surface area contributed by atoms with Gasteiger partial charge in [0, 0.05) is 5.54 Å². The molecule has 58 valence electrons. The van der Waals surface area contributed by atoms with Gasteiger partial charge < -0.3 is 5.11 Å². The normalized spacial score (nSPS) is 30.4. The molecule has 1 fully saturated rings. The average Bonchev–Trinajstić information content (AvgIpc) is 2.10. The molecule has 0 radical (unpaired) electrons. The topological polar surface area (TPSA) is 49.3 Å². The maximum Gasteiger partial charge on any atom is 0.320 e. The molecule has 3 nitrogen and oxygen atoms in total. The standard InChI is InChI=1S/C7H13NO2/c1-7(2)4-3-5(8-7)6(9)10/h5,8H,3-4H2,1-2H3,(H,9,10). The molecule has 2 N–H and O–H groups in total. The Morgan fingerprint density at radius 2 is 2.30 bits per heavy atom. The second kappa shape index (κ2) is 2.23. The highest BCUT2D eigenvalue weighted by Gasteiger charge is 2.33. The van der Waals surface area contributed by atoms with Crippen molar-refractivity contribution in [2.45, 2.75) is 38.3 Å². The van der Waals surface area contributed by atoms with E-state index in [1.54, 1.807) is 0 Å². The highest BCUT2D eigenvalue weighted by atomic mass is 16.4. The van der Waals surface area contributed by atoms with E-state index in [2.05, 4.69) is 5.32 Å². The van der Waals surface area contributed by atoms with Crippen LogP contribution in [0.15, 0.2) is 0 Å². The van der Waals surface area contributed by atoms with E-state index in [0.717, 1.165) is 12.8 Å². The Kier molecular flexibility index (Phi) is 1.68. The molecule has 0 aromatic carbocycles. The molecule has 0 amide bonds. The first-order valence-corrected chi connectivity index (χ1v) is 3.52. The van der Waals surface area contributed by atoms with Gasteiger partial charge in [-0.1, -0.05) is 0 Å². The summed E-state index contributed by atoms with van der Waals surface area (Å²) in [7, 11) is 0. The maximum absolute atomic E-state index is 10.4. The molecule has 0 aromatic heterocycles. The summed E-state index contributed by atoms with van der Waals surface area (Å²) in [4.78, 5) is 10.4. The molecule has 10 heavy (non-hydrogen) atoms. The molecule has 1 aliphatic rings. The quantitative estimate of drug-likeness (QED) is 0.565. The molecule has 1 atom stereocenters.